The van der Waals surface area contributed by atoms with Crippen molar-refractivity contribution in [2.45, 2.75) is 38.5 Å². The molecule has 1 saturated carbocycles. The Balaban J connectivity index is 1.80. The lowest BCUT2D eigenvalue weighted by Gasteiger charge is -2.14. The van der Waals surface area contributed by atoms with Crippen molar-refractivity contribution in [1.29, 1.82) is 0 Å². The quantitative estimate of drug-likeness (QED) is 0.712. The number of carbonyl (C=O) groups is 2. The maximum atomic E-state index is 11.6. The van der Waals surface area contributed by atoms with E-state index in [4.69, 9.17) is 4.74 Å². The van der Waals surface area contributed by atoms with Crippen LogP contribution < -0.4 is 20.7 Å². The Kier molecular flexibility index (Phi) is 5.10. The number of ether oxygens (including phenoxy) is 1. The Bertz CT molecular complexity index is 499. The molecule has 21 heavy (non-hydrogen) atoms. The Morgan fingerprint density at radius 2 is 2.19 bits per heavy atom. The third kappa shape index (κ3) is 5.03. The maximum Gasteiger partial charge on any atom is 0.321 e. The van der Waals surface area contributed by atoms with Crippen molar-refractivity contribution in [2.24, 2.45) is 0 Å². The van der Waals surface area contributed by atoms with Gasteiger partial charge in [0.25, 0.3) is 5.91 Å². The number of nitrogens with one attached hydrogen (secondary N) is 3. The summed E-state index contributed by atoms with van der Waals surface area (Å²) in [4.78, 5) is 26.9. The van der Waals surface area contributed by atoms with Gasteiger partial charge in [-0.05, 0) is 31.9 Å². The van der Waals surface area contributed by atoms with Gasteiger partial charge < -0.3 is 15.4 Å². The minimum Gasteiger partial charge on any atom is -0.479 e. The highest BCUT2D eigenvalue weighted by molar-refractivity contribution is 5.96. The largest absolute Gasteiger partial charge is 0.479 e. The molecule has 1 aromatic heterocycles. The van der Waals surface area contributed by atoms with E-state index >= 15 is 0 Å². The summed E-state index contributed by atoms with van der Waals surface area (Å²) >= 11 is 0. The van der Waals surface area contributed by atoms with E-state index in [2.05, 4.69) is 20.9 Å². The molecule has 0 radical (unpaired) electrons. The van der Waals surface area contributed by atoms with E-state index in [-0.39, 0.29) is 0 Å². The SMILES string of the molecule is CNC(=O)NC(=O)C(C)Oc1ccc(CNC2CC2)nc1. The predicted octanol–water partition coefficient (Wildman–Crippen LogP) is 0.556. The summed E-state index contributed by atoms with van der Waals surface area (Å²) in [6, 6.07) is 3.69. The van der Waals surface area contributed by atoms with Gasteiger partial charge in [0, 0.05) is 19.6 Å². The lowest BCUT2D eigenvalue weighted by atomic mass is 10.3. The van der Waals surface area contributed by atoms with Gasteiger partial charge in [-0.2, -0.15) is 0 Å². The van der Waals surface area contributed by atoms with E-state index in [1.54, 1.807) is 19.2 Å². The molecular formula is C14H20N4O3. The first kappa shape index (κ1) is 15.2. The summed E-state index contributed by atoms with van der Waals surface area (Å²) in [5.41, 5.74) is 0.928. The molecule has 0 saturated heterocycles. The summed E-state index contributed by atoms with van der Waals surface area (Å²) in [5, 5.41) is 7.83. The van der Waals surface area contributed by atoms with E-state index < -0.39 is 18.0 Å². The summed E-state index contributed by atoms with van der Waals surface area (Å²) in [6.45, 7) is 2.30. The standard InChI is InChI=1S/C14H20N4O3/c1-9(13(19)18-14(20)15-2)21-12-6-5-11(17-8-12)7-16-10-3-4-10/h5-6,8-10,16H,3-4,7H2,1-2H3,(H2,15,18,19,20). The molecule has 1 heterocycles. The fourth-order valence-corrected chi connectivity index (χ4v) is 1.66. The van der Waals surface area contributed by atoms with E-state index in [1.807, 2.05) is 6.07 Å². The summed E-state index contributed by atoms with van der Waals surface area (Å²) in [7, 11) is 1.44. The number of urea groups is 1. The van der Waals surface area contributed by atoms with Crippen LogP contribution >= 0.6 is 0 Å². The molecule has 0 aromatic carbocycles. The highest BCUT2D eigenvalue weighted by atomic mass is 16.5. The molecule has 0 aliphatic heterocycles. The molecule has 1 fully saturated rings. The molecule has 2 rings (SSSR count). The number of rotatable bonds is 6. The van der Waals surface area contributed by atoms with Crippen molar-refractivity contribution < 1.29 is 14.3 Å². The first-order valence-corrected chi connectivity index (χ1v) is 6.96. The minimum absolute atomic E-state index is 0.490. The fraction of sp³-hybridized carbons (Fsp3) is 0.500. The van der Waals surface area contributed by atoms with Crippen LogP contribution in [0.1, 0.15) is 25.5 Å². The van der Waals surface area contributed by atoms with Gasteiger partial charge in [-0.15, -0.1) is 0 Å². The average molecular weight is 292 g/mol. The third-order valence-corrected chi connectivity index (χ3v) is 3.09. The van der Waals surface area contributed by atoms with Crippen LogP contribution in [0.2, 0.25) is 0 Å². The molecule has 1 aliphatic carbocycles. The third-order valence-electron chi connectivity index (χ3n) is 3.09. The van der Waals surface area contributed by atoms with E-state index in [9.17, 15) is 9.59 Å². The normalized spacial score (nSPS) is 15.1. The highest BCUT2D eigenvalue weighted by Crippen LogP contribution is 2.19. The fourth-order valence-electron chi connectivity index (χ4n) is 1.66. The van der Waals surface area contributed by atoms with Crippen LogP contribution in [0, 0.1) is 0 Å². The zero-order chi connectivity index (χ0) is 15.2. The van der Waals surface area contributed by atoms with E-state index in [0.717, 1.165) is 12.2 Å². The molecular weight excluding hydrogens is 272 g/mol. The number of hydrogen-bond donors (Lipinski definition) is 3. The van der Waals surface area contributed by atoms with Crippen LogP contribution in [0.15, 0.2) is 18.3 Å². The van der Waals surface area contributed by atoms with Crippen LogP contribution in [0.5, 0.6) is 5.75 Å². The molecule has 0 spiro atoms. The number of amides is 3. The summed E-state index contributed by atoms with van der Waals surface area (Å²) < 4.78 is 5.44. The molecule has 1 unspecified atom stereocenters. The average Bonchev–Trinajstić information content (AvgIpc) is 3.30. The molecule has 7 nitrogen and oxygen atoms in total. The monoisotopic (exact) mass is 292 g/mol. The van der Waals surface area contributed by atoms with Gasteiger partial charge in [-0.1, -0.05) is 0 Å². The lowest BCUT2D eigenvalue weighted by molar-refractivity contribution is -0.126. The summed E-state index contributed by atoms with van der Waals surface area (Å²) in [6.07, 6.45) is 3.27. The zero-order valence-corrected chi connectivity index (χ0v) is 12.2. The van der Waals surface area contributed by atoms with Gasteiger partial charge in [0.05, 0.1) is 11.9 Å². The van der Waals surface area contributed by atoms with Crippen molar-refractivity contribution in [2.75, 3.05) is 7.05 Å². The first-order valence-electron chi connectivity index (χ1n) is 6.96. The van der Waals surface area contributed by atoms with Crippen LogP contribution in [0.4, 0.5) is 4.79 Å². The van der Waals surface area contributed by atoms with Gasteiger partial charge in [0.15, 0.2) is 6.10 Å². The Morgan fingerprint density at radius 3 is 2.76 bits per heavy atom. The van der Waals surface area contributed by atoms with Crippen molar-refractivity contribution in [3.8, 4) is 5.75 Å². The van der Waals surface area contributed by atoms with Crippen molar-refractivity contribution in [3.05, 3.63) is 24.0 Å². The van der Waals surface area contributed by atoms with Crippen molar-refractivity contribution in [1.82, 2.24) is 20.9 Å². The lowest BCUT2D eigenvalue weighted by Crippen LogP contribution is -2.43. The predicted molar refractivity (Wildman–Crippen MR) is 76.8 cm³/mol. The molecule has 114 valence electrons. The number of pyridine rings is 1. The molecule has 1 aromatic rings. The molecule has 7 heteroatoms. The molecule has 1 aliphatic rings. The second-order valence-electron chi connectivity index (χ2n) is 4.97. The molecule has 3 amide bonds. The highest BCUT2D eigenvalue weighted by Gasteiger charge is 2.20. The van der Waals surface area contributed by atoms with Gasteiger partial charge in [-0.25, -0.2) is 4.79 Å². The van der Waals surface area contributed by atoms with Crippen LogP contribution in [-0.2, 0) is 11.3 Å². The number of imide groups is 1. The second-order valence-corrected chi connectivity index (χ2v) is 4.97. The maximum absolute atomic E-state index is 11.6. The number of nitrogens with zero attached hydrogens (tertiary/aromatic N) is 1. The van der Waals surface area contributed by atoms with Crippen molar-refractivity contribution in [3.63, 3.8) is 0 Å². The Labute approximate surface area is 123 Å². The Morgan fingerprint density at radius 1 is 1.43 bits per heavy atom. The number of aromatic nitrogens is 1. The van der Waals surface area contributed by atoms with Gasteiger partial charge >= 0.3 is 6.03 Å². The van der Waals surface area contributed by atoms with Gasteiger partial charge in [0.1, 0.15) is 5.75 Å². The van der Waals surface area contributed by atoms with E-state index in [0.29, 0.717) is 11.8 Å². The number of hydrogen-bond acceptors (Lipinski definition) is 5. The second kappa shape index (κ2) is 7.03. The zero-order valence-electron chi connectivity index (χ0n) is 12.2. The van der Waals surface area contributed by atoms with E-state index in [1.165, 1.54) is 19.9 Å². The van der Waals surface area contributed by atoms with Crippen LogP contribution in [0.25, 0.3) is 0 Å². The first-order chi connectivity index (χ1) is 10.1. The van der Waals surface area contributed by atoms with Gasteiger partial charge in [-0.3, -0.25) is 15.1 Å². The number of carbonyl (C=O) groups excluding carboxylic acids is 2. The van der Waals surface area contributed by atoms with Crippen LogP contribution in [0.3, 0.4) is 0 Å². The molecule has 1 atom stereocenters. The smallest absolute Gasteiger partial charge is 0.321 e. The summed E-state index contributed by atoms with van der Waals surface area (Å²) in [5.74, 6) is -0.0152. The Hall–Kier alpha value is -2.15. The molecule has 0 bridgehead atoms. The van der Waals surface area contributed by atoms with Crippen LogP contribution in [-0.4, -0.2) is 36.1 Å². The van der Waals surface area contributed by atoms with Crippen molar-refractivity contribution >= 4 is 11.9 Å². The minimum atomic E-state index is -0.778. The van der Waals surface area contributed by atoms with Gasteiger partial charge in [0.2, 0.25) is 0 Å². The topological polar surface area (TPSA) is 92.4 Å². The molecule has 3 N–H and O–H groups in total.